The van der Waals surface area contributed by atoms with Crippen molar-refractivity contribution in [3.05, 3.63) is 102 Å². The predicted octanol–water partition coefficient (Wildman–Crippen LogP) is 3.93. The highest BCUT2D eigenvalue weighted by molar-refractivity contribution is 5.94. The third-order valence-electron chi connectivity index (χ3n) is 4.92. The number of hydrogen-bond donors (Lipinski definition) is 2. The van der Waals surface area contributed by atoms with Crippen molar-refractivity contribution in [2.45, 2.75) is 26.5 Å². The Labute approximate surface area is 186 Å². The van der Waals surface area contributed by atoms with Crippen LogP contribution in [-0.4, -0.2) is 25.8 Å². The van der Waals surface area contributed by atoms with Gasteiger partial charge < -0.3 is 10.1 Å². The Hall–Kier alpha value is -4.20. The first-order chi connectivity index (χ1) is 15.6. The molecule has 8 nitrogen and oxygen atoms in total. The van der Waals surface area contributed by atoms with E-state index in [9.17, 15) is 4.79 Å². The van der Waals surface area contributed by atoms with E-state index in [1.165, 1.54) is 18.2 Å². The first kappa shape index (κ1) is 21.0. The van der Waals surface area contributed by atoms with Gasteiger partial charge in [0.15, 0.2) is 11.6 Å². The largest absolute Gasteiger partial charge is 0.482 e. The molecule has 0 saturated carbocycles. The highest BCUT2D eigenvalue weighted by Crippen LogP contribution is 2.27. The van der Waals surface area contributed by atoms with Crippen LogP contribution < -0.4 is 15.5 Å². The predicted molar refractivity (Wildman–Crippen MR) is 121 cm³/mol. The summed E-state index contributed by atoms with van der Waals surface area (Å²) in [6, 6.07) is 19.2. The van der Waals surface area contributed by atoms with E-state index in [2.05, 4.69) is 25.9 Å². The van der Waals surface area contributed by atoms with Crippen molar-refractivity contribution < 1.29 is 9.53 Å². The fraction of sp³-hybridized carbons (Fsp3) is 0.167. The molecule has 2 aromatic carbocycles. The van der Waals surface area contributed by atoms with Crippen LogP contribution in [0.15, 0.2) is 79.5 Å². The first-order valence-electron chi connectivity index (χ1n) is 10.3. The number of aromatic nitrogens is 4. The summed E-state index contributed by atoms with van der Waals surface area (Å²) >= 11 is 0. The summed E-state index contributed by atoms with van der Waals surface area (Å²) < 4.78 is 7.73. The zero-order valence-electron chi connectivity index (χ0n) is 17.9. The quantitative estimate of drug-likeness (QED) is 0.442. The SMILES string of the molecule is Cc1ccc(CNC(=O)c2cccc(C(C)Oc3cccnc3Nn3cnnc3)c2)cc1. The van der Waals surface area contributed by atoms with Crippen LogP contribution in [0.2, 0.25) is 0 Å². The van der Waals surface area contributed by atoms with Gasteiger partial charge in [0.25, 0.3) is 5.91 Å². The van der Waals surface area contributed by atoms with Gasteiger partial charge in [-0.1, -0.05) is 42.0 Å². The summed E-state index contributed by atoms with van der Waals surface area (Å²) in [5.74, 6) is 0.977. The fourth-order valence-corrected chi connectivity index (χ4v) is 3.13. The molecule has 8 heteroatoms. The number of amides is 1. The summed E-state index contributed by atoms with van der Waals surface area (Å²) in [6.45, 7) is 4.44. The molecular weight excluding hydrogens is 404 g/mol. The van der Waals surface area contributed by atoms with Gasteiger partial charge in [0.1, 0.15) is 18.8 Å². The molecule has 4 rings (SSSR count). The van der Waals surface area contributed by atoms with E-state index in [0.717, 1.165) is 11.1 Å². The Bertz CT molecular complexity index is 1180. The summed E-state index contributed by atoms with van der Waals surface area (Å²) in [5.41, 5.74) is 6.78. The molecule has 0 bridgehead atoms. The number of nitrogens with zero attached hydrogens (tertiary/aromatic N) is 4. The number of hydrogen-bond acceptors (Lipinski definition) is 6. The lowest BCUT2D eigenvalue weighted by molar-refractivity contribution is 0.0950. The Morgan fingerprint density at radius 1 is 1.06 bits per heavy atom. The van der Waals surface area contributed by atoms with Gasteiger partial charge in [0, 0.05) is 18.3 Å². The van der Waals surface area contributed by atoms with Crippen LogP contribution in [0.5, 0.6) is 5.75 Å². The maximum absolute atomic E-state index is 12.7. The first-order valence-corrected chi connectivity index (χ1v) is 10.3. The minimum Gasteiger partial charge on any atom is -0.482 e. The molecule has 2 heterocycles. The molecule has 0 radical (unpaired) electrons. The lowest BCUT2D eigenvalue weighted by atomic mass is 10.1. The second-order valence-corrected chi connectivity index (χ2v) is 7.38. The van der Waals surface area contributed by atoms with E-state index in [-0.39, 0.29) is 12.0 Å². The second-order valence-electron chi connectivity index (χ2n) is 7.38. The maximum atomic E-state index is 12.7. The summed E-state index contributed by atoms with van der Waals surface area (Å²) in [6.07, 6.45) is 4.43. The number of benzene rings is 2. The minimum absolute atomic E-state index is 0.129. The van der Waals surface area contributed by atoms with Crippen molar-refractivity contribution in [1.29, 1.82) is 0 Å². The maximum Gasteiger partial charge on any atom is 0.251 e. The molecule has 162 valence electrons. The van der Waals surface area contributed by atoms with Crippen LogP contribution in [0.3, 0.4) is 0 Å². The molecule has 0 aliphatic carbocycles. The zero-order chi connectivity index (χ0) is 22.3. The number of aryl methyl sites for hydroxylation is 1. The lowest BCUT2D eigenvalue weighted by Gasteiger charge is -2.18. The van der Waals surface area contributed by atoms with Gasteiger partial charge in [-0.25, -0.2) is 9.66 Å². The number of carbonyl (C=O) groups is 1. The summed E-state index contributed by atoms with van der Waals surface area (Å²) in [5, 5.41) is 10.5. The normalized spacial score (nSPS) is 11.6. The van der Waals surface area contributed by atoms with Crippen molar-refractivity contribution in [1.82, 2.24) is 25.2 Å². The Morgan fingerprint density at radius 2 is 1.84 bits per heavy atom. The van der Waals surface area contributed by atoms with Gasteiger partial charge in [-0.2, -0.15) is 0 Å². The van der Waals surface area contributed by atoms with Gasteiger partial charge >= 0.3 is 0 Å². The third kappa shape index (κ3) is 5.28. The van der Waals surface area contributed by atoms with Crippen LogP contribution in [0, 0.1) is 6.92 Å². The molecule has 2 N–H and O–H groups in total. The van der Waals surface area contributed by atoms with Gasteiger partial charge in [-0.05, 0) is 49.2 Å². The molecule has 0 aliphatic rings. The molecule has 0 spiro atoms. The fourth-order valence-electron chi connectivity index (χ4n) is 3.13. The van der Waals surface area contributed by atoms with E-state index in [1.54, 1.807) is 23.0 Å². The molecule has 2 aromatic heterocycles. The van der Waals surface area contributed by atoms with E-state index >= 15 is 0 Å². The second kappa shape index (κ2) is 9.74. The summed E-state index contributed by atoms with van der Waals surface area (Å²) in [7, 11) is 0. The van der Waals surface area contributed by atoms with E-state index in [4.69, 9.17) is 4.74 Å². The third-order valence-corrected chi connectivity index (χ3v) is 4.92. The van der Waals surface area contributed by atoms with Crippen LogP contribution >= 0.6 is 0 Å². The smallest absolute Gasteiger partial charge is 0.251 e. The standard InChI is InChI=1S/C24H24N6O2/c1-17-8-10-19(11-9-17)14-26-24(31)21-6-3-5-20(13-21)18(2)32-22-7-4-12-25-23(22)29-30-15-27-28-16-30/h3-13,15-16,18H,14H2,1-2H3,(H,25,29)(H,26,31). The number of carbonyl (C=O) groups excluding carboxylic acids is 1. The Balaban J connectivity index is 1.43. The molecule has 0 aliphatic heterocycles. The molecule has 0 fully saturated rings. The van der Waals surface area contributed by atoms with Crippen molar-refractivity contribution in [3.8, 4) is 5.75 Å². The van der Waals surface area contributed by atoms with Gasteiger partial charge in [-0.3, -0.25) is 10.2 Å². The van der Waals surface area contributed by atoms with Crippen LogP contribution in [0.1, 0.15) is 40.1 Å². The Kier molecular flexibility index (Phi) is 6.41. The molecule has 32 heavy (non-hydrogen) atoms. The average Bonchev–Trinajstić information content (AvgIpc) is 3.33. The minimum atomic E-state index is -0.300. The van der Waals surface area contributed by atoms with E-state index < -0.39 is 0 Å². The molecule has 1 amide bonds. The molecule has 0 saturated heterocycles. The highest BCUT2D eigenvalue weighted by Gasteiger charge is 2.14. The Morgan fingerprint density at radius 3 is 2.62 bits per heavy atom. The lowest BCUT2D eigenvalue weighted by Crippen LogP contribution is -2.23. The molecular formula is C24H24N6O2. The zero-order valence-corrected chi connectivity index (χ0v) is 17.9. The van der Waals surface area contributed by atoms with Gasteiger partial charge in [0.05, 0.1) is 0 Å². The summed E-state index contributed by atoms with van der Waals surface area (Å²) in [4.78, 5) is 17.0. The number of anilines is 1. The number of ether oxygens (including phenoxy) is 1. The monoisotopic (exact) mass is 428 g/mol. The van der Waals surface area contributed by atoms with E-state index in [1.807, 2.05) is 62.4 Å². The van der Waals surface area contributed by atoms with Crippen molar-refractivity contribution >= 4 is 11.7 Å². The number of nitrogens with one attached hydrogen (secondary N) is 2. The van der Waals surface area contributed by atoms with Crippen LogP contribution in [0.4, 0.5) is 5.82 Å². The van der Waals surface area contributed by atoms with Crippen molar-refractivity contribution in [2.75, 3.05) is 5.43 Å². The molecule has 1 unspecified atom stereocenters. The van der Waals surface area contributed by atoms with Crippen molar-refractivity contribution in [2.24, 2.45) is 0 Å². The average molecular weight is 428 g/mol. The number of rotatable bonds is 8. The van der Waals surface area contributed by atoms with E-state index in [0.29, 0.717) is 23.7 Å². The van der Waals surface area contributed by atoms with Gasteiger partial charge in [0.2, 0.25) is 0 Å². The highest BCUT2D eigenvalue weighted by atomic mass is 16.5. The molecule has 1 atom stereocenters. The molecule has 4 aromatic rings. The van der Waals surface area contributed by atoms with Crippen LogP contribution in [-0.2, 0) is 6.54 Å². The van der Waals surface area contributed by atoms with Crippen LogP contribution in [0.25, 0.3) is 0 Å². The number of pyridine rings is 1. The van der Waals surface area contributed by atoms with Crippen molar-refractivity contribution in [3.63, 3.8) is 0 Å². The van der Waals surface area contributed by atoms with Gasteiger partial charge in [-0.15, -0.1) is 10.2 Å². The topological polar surface area (TPSA) is 94.0 Å².